The molecule has 0 unspecified atom stereocenters. The second-order valence-electron chi connectivity index (χ2n) is 7.09. The maximum atomic E-state index is 12.3. The molecule has 0 atom stereocenters. The molecular formula is C20H28N4OS. The van der Waals surface area contributed by atoms with E-state index in [1.165, 1.54) is 4.88 Å². The van der Waals surface area contributed by atoms with Crippen LogP contribution < -0.4 is 16.0 Å². The van der Waals surface area contributed by atoms with Crippen LogP contribution in [0.15, 0.2) is 46.8 Å². The van der Waals surface area contributed by atoms with Gasteiger partial charge in [0.15, 0.2) is 5.96 Å². The van der Waals surface area contributed by atoms with Gasteiger partial charge in [0.1, 0.15) is 0 Å². The Bertz CT molecular complexity index is 733. The van der Waals surface area contributed by atoms with Crippen LogP contribution in [-0.2, 0) is 13.0 Å². The van der Waals surface area contributed by atoms with Gasteiger partial charge in [0, 0.05) is 36.1 Å². The van der Waals surface area contributed by atoms with Crippen molar-refractivity contribution in [1.82, 2.24) is 16.0 Å². The lowest BCUT2D eigenvalue weighted by Gasteiger charge is -2.20. The molecule has 0 bridgehead atoms. The Kier molecular flexibility index (Phi) is 7.21. The first-order valence-corrected chi connectivity index (χ1v) is 9.64. The lowest BCUT2D eigenvalue weighted by atomic mass is 10.1. The number of benzene rings is 1. The highest BCUT2D eigenvalue weighted by Gasteiger charge is 2.15. The molecular weight excluding hydrogens is 344 g/mol. The van der Waals surface area contributed by atoms with E-state index in [0.717, 1.165) is 24.5 Å². The number of rotatable bonds is 6. The number of hydrogen-bond donors (Lipinski definition) is 3. The van der Waals surface area contributed by atoms with Crippen LogP contribution in [0.2, 0.25) is 0 Å². The summed E-state index contributed by atoms with van der Waals surface area (Å²) in [6.07, 6.45) is 0.973. The molecule has 2 rings (SSSR count). The van der Waals surface area contributed by atoms with E-state index in [0.29, 0.717) is 12.1 Å². The molecule has 1 amide bonds. The number of guanidine groups is 1. The Morgan fingerprint density at radius 2 is 1.96 bits per heavy atom. The molecule has 140 valence electrons. The molecule has 0 aliphatic carbocycles. The Morgan fingerprint density at radius 1 is 1.15 bits per heavy atom. The molecule has 0 saturated heterocycles. The van der Waals surface area contributed by atoms with E-state index in [9.17, 15) is 4.79 Å². The van der Waals surface area contributed by atoms with Crippen LogP contribution in [0.1, 0.15) is 41.6 Å². The Hall–Kier alpha value is -2.34. The second kappa shape index (κ2) is 9.38. The van der Waals surface area contributed by atoms with Gasteiger partial charge in [-0.1, -0.05) is 18.2 Å². The molecule has 26 heavy (non-hydrogen) atoms. The average molecular weight is 373 g/mol. The summed E-state index contributed by atoms with van der Waals surface area (Å²) in [7, 11) is 1.76. The average Bonchev–Trinajstić information content (AvgIpc) is 3.10. The summed E-state index contributed by atoms with van der Waals surface area (Å²) < 4.78 is 0. The number of hydrogen-bond acceptors (Lipinski definition) is 3. The Labute approximate surface area is 159 Å². The van der Waals surface area contributed by atoms with Crippen LogP contribution >= 0.6 is 11.3 Å². The van der Waals surface area contributed by atoms with E-state index in [4.69, 9.17) is 0 Å². The molecule has 0 saturated carbocycles. The first-order valence-electron chi connectivity index (χ1n) is 8.76. The number of carbonyl (C=O) groups is 1. The summed E-state index contributed by atoms with van der Waals surface area (Å²) in [5.41, 5.74) is 1.45. The minimum Gasteiger partial charge on any atom is -0.356 e. The van der Waals surface area contributed by atoms with Crippen molar-refractivity contribution in [2.45, 2.75) is 39.3 Å². The molecule has 0 aliphatic rings. The fourth-order valence-corrected chi connectivity index (χ4v) is 3.11. The van der Waals surface area contributed by atoms with E-state index in [2.05, 4.69) is 38.5 Å². The molecule has 6 heteroatoms. The van der Waals surface area contributed by atoms with Gasteiger partial charge < -0.3 is 16.0 Å². The zero-order valence-electron chi connectivity index (χ0n) is 15.9. The predicted octanol–water partition coefficient (Wildman–Crippen LogP) is 3.18. The number of amides is 1. The zero-order valence-corrected chi connectivity index (χ0v) is 16.7. The van der Waals surface area contributed by atoms with Gasteiger partial charge in [0.05, 0.1) is 0 Å². The standard InChI is InChI=1S/C20H28N4OS/c1-20(2,3)24-18(25)16-8-5-7-15(13-16)14-23-19(21-4)22-11-10-17-9-6-12-26-17/h5-9,12-13H,10-11,14H2,1-4H3,(H,24,25)(H2,21,22,23). The zero-order chi connectivity index (χ0) is 19.0. The van der Waals surface area contributed by atoms with Crippen molar-refractivity contribution in [1.29, 1.82) is 0 Å². The van der Waals surface area contributed by atoms with Gasteiger partial charge in [-0.3, -0.25) is 9.79 Å². The lowest BCUT2D eigenvalue weighted by molar-refractivity contribution is 0.0919. The smallest absolute Gasteiger partial charge is 0.251 e. The largest absolute Gasteiger partial charge is 0.356 e. The number of nitrogens with zero attached hydrogens (tertiary/aromatic N) is 1. The number of carbonyl (C=O) groups excluding carboxylic acids is 1. The van der Waals surface area contributed by atoms with E-state index >= 15 is 0 Å². The summed E-state index contributed by atoms with van der Waals surface area (Å²) in [5.74, 6) is 0.698. The summed E-state index contributed by atoms with van der Waals surface area (Å²) >= 11 is 1.76. The fraction of sp³-hybridized carbons (Fsp3) is 0.400. The van der Waals surface area contributed by atoms with Crippen molar-refractivity contribution < 1.29 is 4.79 Å². The normalized spacial score (nSPS) is 11.9. The molecule has 0 aliphatic heterocycles. The topological polar surface area (TPSA) is 65.5 Å². The van der Waals surface area contributed by atoms with Crippen molar-refractivity contribution >= 4 is 23.2 Å². The minimum absolute atomic E-state index is 0.0576. The van der Waals surface area contributed by atoms with Gasteiger partial charge in [0.2, 0.25) is 0 Å². The minimum atomic E-state index is -0.250. The molecule has 5 nitrogen and oxygen atoms in total. The van der Waals surface area contributed by atoms with Crippen LogP contribution in [0, 0.1) is 0 Å². The second-order valence-corrected chi connectivity index (χ2v) is 8.12. The van der Waals surface area contributed by atoms with Gasteiger partial charge in [-0.2, -0.15) is 0 Å². The third-order valence-electron chi connectivity index (χ3n) is 3.61. The van der Waals surface area contributed by atoms with Gasteiger partial charge >= 0.3 is 0 Å². The summed E-state index contributed by atoms with van der Waals surface area (Å²) in [6.45, 7) is 7.36. The maximum absolute atomic E-state index is 12.3. The summed E-state index contributed by atoms with van der Waals surface area (Å²) in [6, 6.07) is 11.8. The Balaban J connectivity index is 1.85. The van der Waals surface area contributed by atoms with Crippen molar-refractivity contribution in [2.75, 3.05) is 13.6 Å². The van der Waals surface area contributed by atoms with Crippen molar-refractivity contribution in [3.8, 4) is 0 Å². The molecule has 3 N–H and O–H groups in total. The molecule has 0 fully saturated rings. The Morgan fingerprint density at radius 3 is 2.62 bits per heavy atom. The quantitative estimate of drug-likeness (QED) is 0.539. The first kappa shape index (κ1) is 20.0. The third-order valence-corrected chi connectivity index (χ3v) is 4.54. The van der Waals surface area contributed by atoms with Crippen LogP contribution in [-0.4, -0.2) is 31.0 Å². The van der Waals surface area contributed by atoms with Gasteiger partial charge in [-0.15, -0.1) is 11.3 Å². The predicted molar refractivity (Wildman–Crippen MR) is 110 cm³/mol. The first-order chi connectivity index (χ1) is 12.4. The highest BCUT2D eigenvalue weighted by molar-refractivity contribution is 7.09. The molecule has 0 radical (unpaired) electrons. The molecule has 1 heterocycles. The van der Waals surface area contributed by atoms with E-state index in [1.807, 2.05) is 45.0 Å². The fourth-order valence-electron chi connectivity index (χ4n) is 2.40. The number of thiophene rings is 1. The molecule has 1 aromatic carbocycles. The maximum Gasteiger partial charge on any atom is 0.251 e. The summed E-state index contributed by atoms with van der Waals surface area (Å²) in [4.78, 5) is 17.9. The summed E-state index contributed by atoms with van der Waals surface area (Å²) in [5, 5.41) is 11.7. The van der Waals surface area contributed by atoms with Gasteiger partial charge in [0.25, 0.3) is 5.91 Å². The van der Waals surface area contributed by atoms with Crippen LogP contribution in [0.5, 0.6) is 0 Å². The lowest BCUT2D eigenvalue weighted by Crippen LogP contribution is -2.40. The van der Waals surface area contributed by atoms with Crippen LogP contribution in [0.25, 0.3) is 0 Å². The monoisotopic (exact) mass is 372 g/mol. The van der Waals surface area contributed by atoms with Crippen LogP contribution in [0.3, 0.4) is 0 Å². The van der Waals surface area contributed by atoms with Crippen molar-refractivity contribution in [3.63, 3.8) is 0 Å². The van der Waals surface area contributed by atoms with Gasteiger partial charge in [-0.25, -0.2) is 0 Å². The van der Waals surface area contributed by atoms with Gasteiger partial charge in [-0.05, 0) is 56.3 Å². The highest BCUT2D eigenvalue weighted by Crippen LogP contribution is 2.09. The molecule has 2 aromatic rings. The molecule has 0 spiro atoms. The SMILES string of the molecule is CN=C(NCCc1cccs1)NCc1cccc(C(=O)NC(C)(C)C)c1. The third kappa shape index (κ3) is 6.88. The van der Waals surface area contributed by atoms with E-state index in [-0.39, 0.29) is 11.4 Å². The highest BCUT2D eigenvalue weighted by atomic mass is 32.1. The van der Waals surface area contributed by atoms with Crippen LogP contribution in [0.4, 0.5) is 0 Å². The number of aliphatic imine (C=N–C) groups is 1. The van der Waals surface area contributed by atoms with E-state index < -0.39 is 0 Å². The van der Waals surface area contributed by atoms with E-state index in [1.54, 1.807) is 18.4 Å². The van der Waals surface area contributed by atoms with Crippen molar-refractivity contribution in [3.05, 3.63) is 57.8 Å². The number of nitrogens with one attached hydrogen (secondary N) is 3. The van der Waals surface area contributed by atoms with Crippen molar-refractivity contribution in [2.24, 2.45) is 4.99 Å². The molecule has 1 aromatic heterocycles.